The zero-order valence-electron chi connectivity index (χ0n) is 13.2. The Bertz CT molecular complexity index is 694. The molecular formula is C18H19BrN2O2. The fourth-order valence-electron chi connectivity index (χ4n) is 2.88. The highest BCUT2D eigenvalue weighted by atomic mass is 79.9. The minimum absolute atomic E-state index is 0. The van der Waals surface area contributed by atoms with Gasteiger partial charge in [0.25, 0.3) is 11.8 Å². The fourth-order valence-corrected chi connectivity index (χ4v) is 2.88. The van der Waals surface area contributed by atoms with Gasteiger partial charge in [0.1, 0.15) is 6.54 Å². The Balaban J connectivity index is 0.00000192. The third kappa shape index (κ3) is 3.51. The number of benzene rings is 2. The van der Waals surface area contributed by atoms with Gasteiger partial charge in [-0.2, -0.15) is 0 Å². The van der Waals surface area contributed by atoms with E-state index >= 15 is 0 Å². The van der Waals surface area contributed by atoms with Crippen molar-refractivity contribution in [2.75, 3.05) is 20.8 Å². The van der Waals surface area contributed by atoms with Crippen LogP contribution in [0, 0.1) is 0 Å². The molecule has 0 unspecified atom stereocenters. The first kappa shape index (κ1) is 17.4. The van der Waals surface area contributed by atoms with Crippen LogP contribution in [-0.4, -0.2) is 42.0 Å². The molecule has 2 amide bonds. The number of nitrogens with zero attached hydrogens (tertiary/aromatic N) is 2. The van der Waals surface area contributed by atoms with Crippen molar-refractivity contribution in [2.45, 2.75) is 6.54 Å². The molecule has 0 aromatic heterocycles. The van der Waals surface area contributed by atoms with Gasteiger partial charge in [-0.15, -0.1) is 0 Å². The summed E-state index contributed by atoms with van der Waals surface area (Å²) in [4.78, 5) is 26.2. The molecule has 0 saturated heterocycles. The number of rotatable bonds is 4. The molecule has 2 aromatic carbocycles. The Labute approximate surface area is 146 Å². The van der Waals surface area contributed by atoms with Gasteiger partial charge in [0.2, 0.25) is 0 Å². The largest absolute Gasteiger partial charge is 1.00 e. The van der Waals surface area contributed by atoms with E-state index in [1.165, 1.54) is 10.5 Å². The second-order valence-electron chi connectivity index (χ2n) is 6.30. The lowest BCUT2D eigenvalue weighted by Gasteiger charge is -2.32. The first-order chi connectivity index (χ1) is 10.5. The number of hydrogen-bond acceptors (Lipinski definition) is 2. The summed E-state index contributed by atoms with van der Waals surface area (Å²) in [6.07, 6.45) is 0. The third-order valence-electron chi connectivity index (χ3n) is 3.86. The van der Waals surface area contributed by atoms with Gasteiger partial charge >= 0.3 is 0 Å². The number of carbonyl (C=O) groups excluding carboxylic acids is 2. The van der Waals surface area contributed by atoms with Crippen molar-refractivity contribution in [1.82, 2.24) is 4.90 Å². The SMILES string of the molecule is C[N+](C)(Cc1ccccc1)CN1C(=O)c2ccccc2C1=O.[Br-]. The van der Waals surface area contributed by atoms with Crippen molar-refractivity contribution in [3.8, 4) is 0 Å². The number of halogens is 1. The van der Waals surface area contributed by atoms with Crippen LogP contribution in [0.15, 0.2) is 54.6 Å². The molecular weight excluding hydrogens is 356 g/mol. The lowest BCUT2D eigenvalue weighted by Crippen LogP contribution is -3.00. The maximum absolute atomic E-state index is 12.4. The monoisotopic (exact) mass is 374 g/mol. The molecule has 0 bridgehead atoms. The fraction of sp³-hybridized carbons (Fsp3) is 0.222. The average Bonchev–Trinajstić information content (AvgIpc) is 2.73. The van der Waals surface area contributed by atoms with Crippen LogP contribution in [0.4, 0.5) is 0 Å². The topological polar surface area (TPSA) is 37.4 Å². The number of hydrogen-bond donors (Lipinski definition) is 0. The van der Waals surface area contributed by atoms with Crippen molar-refractivity contribution < 1.29 is 31.1 Å². The second kappa shape index (κ2) is 6.64. The van der Waals surface area contributed by atoms with E-state index in [-0.39, 0.29) is 28.8 Å². The molecule has 0 aliphatic carbocycles. The van der Waals surface area contributed by atoms with E-state index in [0.29, 0.717) is 22.3 Å². The third-order valence-corrected chi connectivity index (χ3v) is 3.86. The van der Waals surface area contributed by atoms with E-state index in [4.69, 9.17) is 0 Å². The average molecular weight is 375 g/mol. The Morgan fingerprint density at radius 1 is 0.826 bits per heavy atom. The molecule has 1 heterocycles. The summed E-state index contributed by atoms with van der Waals surface area (Å²) in [5, 5.41) is 0. The van der Waals surface area contributed by atoms with Gasteiger partial charge in [0.15, 0.2) is 6.67 Å². The van der Waals surface area contributed by atoms with Crippen molar-refractivity contribution in [3.63, 3.8) is 0 Å². The zero-order chi connectivity index (χ0) is 15.7. The molecule has 4 nitrogen and oxygen atoms in total. The van der Waals surface area contributed by atoms with Crippen LogP contribution in [0.3, 0.4) is 0 Å². The minimum atomic E-state index is -0.195. The molecule has 0 N–H and O–H groups in total. The van der Waals surface area contributed by atoms with Crippen LogP contribution >= 0.6 is 0 Å². The molecule has 120 valence electrons. The van der Waals surface area contributed by atoms with E-state index in [2.05, 4.69) is 12.1 Å². The molecule has 0 fully saturated rings. The van der Waals surface area contributed by atoms with Gasteiger partial charge in [-0.05, 0) is 12.1 Å². The Morgan fingerprint density at radius 3 is 1.83 bits per heavy atom. The van der Waals surface area contributed by atoms with Gasteiger partial charge in [-0.1, -0.05) is 42.5 Å². The smallest absolute Gasteiger partial charge is 0.265 e. The van der Waals surface area contributed by atoms with Crippen molar-refractivity contribution in [1.29, 1.82) is 0 Å². The zero-order valence-corrected chi connectivity index (χ0v) is 14.8. The number of carbonyl (C=O) groups is 2. The number of imide groups is 1. The maximum atomic E-state index is 12.4. The molecule has 1 aliphatic rings. The molecule has 2 aromatic rings. The van der Waals surface area contributed by atoms with E-state index < -0.39 is 0 Å². The van der Waals surface area contributed by atoms with Gasteiger partial charge in [0, 0.05) is 5.56 Å². The lowest BCUT2D eigenvalue weighted by molar-refractivity contribution is -0.910. The first-order valence-electron chi connectivity index (χ1n) is 7.29. The summed E-state index contributed by atoms with van der Waals surface area (Å²) in [7, 11) is 4.05. The summed E-state index contributed by atoms with van der Waals surface area (Å²) < 4.78 is 0.537. The minimum Gasteiger partial charge on any atom is -1.00 e. The van der Waals surface area contributed by atoms with Crippen molar-refractivity contribution >= 4 is 11.8 Å². The van der Waals surface area contributed by atoms with Crippen molar-refractivity contribution in [3.05, 3.63) is 71.3 Å². The Hall–Kier alpha value is -1.98. The van der Waals surface area contributed by atoms with E-state index in [1.807, 2.05) is 32.3 Å². The summed E-state index contributed by atoms with van der Waals surface area (Å²) in [6.45, 7) is 1.12. The van der Waals surface area contributed by atoms with Crippen LogP contribution in [0.2, 0.25) is 0 Å². The summed E-state index contributed by atoms with van der Waals surface area (Å²) in [5.41, 5.74) is 2.20. The lowest BCUT2D eigenvalue weighted by atomic mass is 10.1. The van der Waals surface area contributed by atoms with E-state index in [9.17, 15) is 9.59 Å². The number of quaternary nitrogens is 1. The normalized spacial score (nSPS) is 13.7. The van der Waals surface area contributed by atoms with Crippen LogP contribution in [0.1, 0.15) is 26.3 Å². The molecule has 0 spiro atoms. The quantitative estimate of drug-likeness (QED) is 0.535. The first-order valence-corrected chi connectivity index (χ1v) is 7.29. The van der Waals surface area contributed by atoms with Gasteiger partial charge in [-0.25, -0.2) is 4.90 Å². The predicted molar refractivity (Wildman–Crippen MR) is 84.1 cm³/mol. The number of amides is 2. The molecule has 1 aliphatic heterocycles. The molecule has 0 saturated carbocycles. The van der Waals surface area contributed by atoms with E-state index in [0.717, 1.165) is 6.54 Å². The molecule has 0 atom stereocenters. The molecule has 23 heavy (non-hydrogen) atoms. The van der Waals surface area contributed by atoms with Gasteiger partial charge in [0.05, 0.1) is 25.2 Å². The summed E-state index contributed by atoms with van der Waals surface area (Å²) >= 11 is 0. The maximum Gasteiger partial charge on any atom is 0.265 e. The molecule has 3 rings (SSSR count). The summed E-state index contributed by atoms with van der Waals surface area (Å²) in [5.74, 6) is -0.389. The van der Waals surface area contributed by atoms with Crippen LogP contribution in [0.25, 0.3) is 0 Å². The van der Waals surface area contributed by atoms with Crippen LogP contribution in [0.5, 0.6) is 0 Å². The number of fused-ring (bicyclic) bond motifs is 1. The van der Waals surface area contributed by atoms with Crippen LogP contribution < -0.4 is 17.0 Å². The van der Waals surface area contributed by atoms with Crippen molar-refractivity contribution in [2.24, 2.45) is 0 Å². The highest BCUT2D eigenvalue weighted by Crippen LogP contribution is 2.24. The second-order valence-corrected chi connectivity index (χ2v) is 6.30. The highest BCUT2D eigenvalue weighted by Gasteiger charge is 2.38. The highest BCUT2D eigenvalue weighted by molar-refractivity contribution is 6.21. The van der Waals surface area contributed by atoms with Gasteiger partial charge < -0.3 is 21.5 Å². The molecule has 5 heteroatoms. The molecule has 0 radical (unpaired) electrons. The summed E-state index contributed by atoms with van der Waals surface area (Å²) in [6, 6.07) is 17.1. The van der Waals surface area contributed by atoms with Gasteiger partial charge in [-0.3, -0.25) is 9.59 Å². The Kier molecular flexibility index (Phi) is 5.02. The predicted octanol–water partition coefficient (Wildman–Crippen LogP) is -0.479. The van der Waals surface area contributed by atoms with E-state index in [1.54, 1.807) is 24.3 Å². The van der Waals surface area contributed by atoms with Crippen LogP contribution in [-0.2, 0) is 6.54 Å². The Morgan fingerprint density at radius 2 is 1.30 bits per heavy atom. The standard InChI is InChI=1S/C18H19N2O2.BrH/c1-20(2,12-14-8-4-3-5-9-14)13-19-17(21)15-10-6-7-11-16(15)18(19)22;/h3-11H,12-13H2,1-2H3;1H/q+1;/p-1.